The molecule has 9 N–H and O–H groups in total. The largest absolute Gasteiger partial charge is 0.492 e. The monoisotopic (exact) mass is 580 g/mol. The summed E-state index contributed by atoms with van der Waals surface area (Å²) in [6, 6.07) is 7.33. The topological polar surface area (TPSA) is 200 Å². The Bertz CT molecular complexity index is 1530. The first-order valence-corrected chi connectivity index (χ1v) is 13.6. The van der Waals surface area contributed by atoms with Gasteiger partial charge in [0.2, 0.25) is 5.79 Å². The van der Waals surface area contributed by atoms with E-state index in [1.54, 1.807) is 12.1 Å². The summed E-state index contributed by atoms with van der Waals surface area (Å²) in [5.74, 6) is -4.04. The van der Waals surface area contributed by atoms with Crippen LogP contribution in [0.5, 0.6) is 5.75 Å². The number of aliphatic imine (C=N–C) groups is 2. The molecule has 0 aromatic heterocycles. The molecule has 6 rings (SSSR count). The highest BCUT2D eigenvalue weighted by Gasteiger charge is 2.73. The molecule has 1 spiro atoms. The molecule has 13 nitrogen and oxygen atoms in total. The molecule has 1 fully saturated rings. The minimum absolute atomic E-state index is 0.0694. The van der Waals surface area contributed by atoms with E-state index in [-0.39, 0.29) is 41.6 Å². The number of ether oxygens (including phenoxy) is 1. The number of benzene rings is 2. The van der Waals surface area contributed by atoms with Gasteiger partial charge in [-0.15, -0.1) is 0 Å². The smallest absolute Gasteiger partial charge is 0.255 e. The zero-order chi connectivity index (χ0) is 30.0. The molecule has 1 saturated heterocycles. The van der Waals surface area contributed by atoms with E-state index in [1.165, 1.54) is 23.1 Å². The number of guanidine groups is 2. The van der Waals surface area contributed by atoms with Crippen molar-refractivity contribution in [2.45, 2.75) is 55.3 Å². The van der Waals surface area contributed by atoms with Crippen molar-refractivity contribution >= 4 is 23.7 Å². The van der Waals surface area contributed by atoms with Gasteiger partial charge in [0.1, 0.15) is 23.7 Å². The van der Waals surface area contributed by atoms with Crippen LogP contribution in [0.2, 0.25) is 0 Å². The molecule has 2 aromatic carbocycles. The van der Waals surface area contributed by atoms with Crippen molar-refractivity contribution in [3.8, 4) is 5.75 Å². The molecule has 2 aromatic rings. The lowest BCUT2D eigenvalue weighted by Gasteiger charge is -2.49. The molecule has 0 unspecified atom stereocenters. The fourth-order valence-electron chi connectivity index (χ4n) is 6.36. The Kier molecular flexibility index (Phi) is 6.31. The molecule has 14 heteroatoms. The van der Waals surface area contributed by atoms with Gasteiger partial charge in [-0.05, 0) is 36.1 Å². The average Bonchev–Trinajstić information content (AvgIpc) is 3.40. The zero-order valence-corrected chi connectivity index (χ0v) is 23.1. The lowest BCUT2D eigenvalue weighted by atomic mass is 9.79. The highest BCUT2D eigenvalue weighted by Crippen LogP contribution is 2.45. The van der Waals surface area contributed by atoms with Crippen LogP contribution in [0.25, 0.3) is 0 Å². The first-order chi connectivity index (χ1) is 19.8. The number of nitrogens with one attached hydrogen (secondary N) is 3. The summed E-state index contributed by atoms with van der Waals surface area (Å²) in [4.78, 5) is 36.5. The van der Waals surface area contributed by atoms with Crippen molar-refractivity contribution in [3.05, 3.63) is 65.0 Å². The Morgan fingerprint density at radius 3 is 2.69 bits per heavy atom. The Hall–Kier alpha value is -4.43. The fourth-order valence-corrected chi connectivity index (χ4v) is 6.36. The van der Waals surface area contributed by atoms with E-state index in [0.29, 0.717) is 12.4 Å². The van der Waals surface area contributed by atoms with E-state index < -0.39 is 47.2 Å². The lowest BCUT2D eigenvalue weighted by molar-refractivity contribution is -0.230. The Labute approximate surface area is 240 Å². The van der Waals surface area contributed by atoms with Gasteiger partial charge in [-0.25, -0.2) is 14.4 Å². The first kappa shape index (κ1) is 27.7. The Morgan fingerprint density at radius 2 is 1.93 bits per heavy atom. The predicted octanol–water partition coefficient (Wildman–Crippen LogP) is -0.910. The van der Waals surface area contributed by atoms with Crippen LogP contribution in [-0.2, 0) is 5.41 Å². The summed E-state index contributed by atoms with van der Waals surface area (Å²) in [5.41, 5.74) is 11.6. The molecule has 0 radical (unpaired) electrons. The average molecular weight is 581 g/mol. The number of amides is 2. The van der Waals surface area contributed by atoms with E-state index in [2.05, 4.69) is 39.8 Å². The molecule has 4 heterocycles. The highest BCUT2D eigenvalue weighted by molar-refractivity contribution is 5.98. The number of carbonyl (C=O) groups is 2. The SMILES string of the molecule is CC1(C)CCOc2c(C(=O)N[C@H]3CN4C(N)=N[C@@H](CNC(=O)c5cccc(F)c5)[C@@H]5N=C(N)N[C@@]54C3(O)O)cccc21. The number of nitrogens with two attached hydrogens (primary N) is 2. The number of rotatable bonds is 5. The number of carbonyl (C=O) groups excluding carboxylic acids is 2. The van der Waals surface area contributed by atoms with Crippen molar-refractivity contribution in [2.24, 2.45) is 21.5 Å². The van der Waals surface area contributed by atoms with Gasteiger partial charge in [0.15, 0.2) is 17.6 Å². The maximum atomic E-state index is 13.6. The molecule has 2 amide bonds. The summed E-state index contributed by atoms with van der Waals surface area (Å²) in [5, 5.41) is 31.7. The van der Waals surface area contributed by atoms with Crippen molar-refractivity contribution in [3.63, 3.8) is 0 Å². The molecule has 4 aliphatic rings. The molecule has 0 aliphatic carbocycles. The van der Waals surface area contributed by atoms with E-state index in [9.17, 15) is 24.2 Å². The lowest BCUT2D eigenvalue weighted by Crippen LogP contribution is -2.78. The van der Waals surface area contributed by atoms with Gasteiger partial charge >= 0.3 is 0 Å². The zero-order valence-electron chi connectivity index (χ0n) is 23.1. The molecule has 222 valence electrons. The van der Waals surface area contributed by atoms with Crippen molar-refractivity contribution in [1.82, 2.24) is 20.9 Å². The summed E-state index contributed by atoms with van der Waals surface area (Å²) in [6.45, 7) is 4.34. The van der Waals surface area contributed by atoms with Gasteiger partial charge < -0.3 is 47.3 Å². The third-order valence-electron chi connectivity index (χ3n) is 8.63. The number of halogens is 1. The van der Waals surface area contributed by atoms with Gasteiger partial charge in [-0.1, -0.05) is 32.0 Å². The third-order valence-corrected chi connectivity index (χ3v) is 8.63. The normalized spacial score (nSPS) is 28.2. The summed E-state index contributed by atoms with van der Waals surface area (Å²) in [6.07, 6.45) is 0.790. The predicted molar refractivity (Wildman–Crippen MR) is 150 cm³/mol. The molecule has 42 heavy (non-hydrogen) atoms. The molecule has 0 saturated carbocycles. The third kappa shape index (κ3) is 4.12. The van der Waals surface area contributed by atoms with Crippen LogP contribution in [0.4, 0.5) is 4.39 Å². The van der Waals surface area contributed by atoms with Crippen LogP contribution < -0.4 is 32.2 Å². The number of aliphatic hydroxyl groups is 2. The summed E-state index contributed by atoms with van der Waals surface area (Å²) >= 11 is 0. The van der Waals surface area contributed by atoms with Crippen LogP contribution >= 0.6 is 0 Å². The van der Waals surface area contributed by atoms with Crippen molar-refractivity contribution in [1.29, 1.82) is 0 Å². The number of hydrogen-bond donors (Lipinski definition) is 7. The Morgan fingerprint density at radius 1 is 1.17 bits per heavy atom. The van der Waals surface area contributed by atoms with Crippen molar-refractivity contribution in [2.75, 3.05) is 19.7 Å². The Balaban J connectivity index is 1.26. The molecule has 4 atom stereocenters. The van der Waals surface area contributed by atoms with Gasteiger partial charge in [0.05, 0.1) is 18.2 Å². The fraction of sp³-hybridized carbons (Fsp3) is 0.429. The molecular weight excluding hydrogens is 547 g/mol. The number of fused-ring (bicyclic) bond motifs is 1. The van der Waals surface area contributed by atoms with E-state index in [0.717, 1.165) is 18.1 Å². The molecular formula is C28H33FN8O5. The van der Waals surface area contributed by atoms with Crippen LogP contribution in [0, 0.1) is 5.82 Å². The van der Waals surface area contributed by atoms with Gasteiger partial charge in [-0.2, -0.15) is 0 Å². The molecule has 0 bridgehead atoms. The van der Waals surface area contributed by atoms with Crippen LogP contribution in [0.15, 0.2) is 52.4 Å². The van der Waals surface area contributed by atoms with Crippen LogP contribution in [0.3, 0.4) is 0 Å². The second kappa shape index (κ2) is 9.56. The van der Waals surface area contributed by atoms with Gasteiger partial charge in [0.25, 0.3) is 11.8 Å². The second-order valence-corrected chi connectivity index (χ2v) is 11.7. The van der Waals surface area contributed by atoms with Crippen molar-refractivity contribution < 1.29 is 28.9 Å². The van der Waals surface area contributed by atoms with Gasteiger partial charge in [0, 0.05) is 24.2 Å². The number of nitrogens with zero attached hydrogens (tertiary/aromatic N) is 3. The minimum Gasteiger partial charge on any atom is -0.492 e. The first-order valence-electron chi connectivity index (χ1n) is 13.6. The summed E-state index contributed by atoms with van der Waals surface area (Å²) in [7, 11) is 0. The van der Waals surface area contributed by atoms with E-state index in [1.807, 2.05) is 6.07 Å². The van der Waals surface area contributed by atoms with E-state index in [4.69, 9.17) is 16.2 Å². The maximum absolute atomic E-state index is 13.6. The van der Waals surface area contributed by atoms with E-state index >= 15 is 0 Å². The molecule has 4 aliphatic heterocycles. The highest BCUT2D eigenvalue weighted by atomic mass is 19.1. The van der Waals surface area contributed by atoms with Crippen LogP contribution in [-0.4, -0.2) is 88.1 Å². The maximum Gasteiger partial charge on any atom is 0.255 e. The summed E-state index contributed by atoms with van der Waals surface area (Å²) < 4.78 is 19.5. The number of hydrogen-bond acceptors (Lipinski definition) is 11. The quantitative estimate of drug-likeness (QED) is 0.219. The minimum atomic E-state index is -2.65. The van der Waals surface area contributed by atoms with Gasteiger partial charge in [-0.3, -0.25) is 9.59 Å². The number of para-hydroxylation sites is 1. The second-order valence-electron chi connectivity index (χ2n) is 11.7. The van der Waals surface area contributed by atoms with Crippen LogP contribution in [0.1, 0.15) is 46.5 Å². The standard InChI is InChI=1S/C28H33FN8O5/c1-26(2)9-10-42-20-16(7-4-8-17(20)26)23(39)34-19-13-37-25(31)33-18(12-32-22(38)14-5-3-6-15(29)11-14)21-27(37,28(19,40)41)36-24(30)35-21/h3-8,11,18-19,21,40-41H,9-10,12-13H2,1-2H3,(H2,31,33)(H,32,38)(H,34,39)(H3,30,35,36)/t18-,19-,21-,27-/m0/s1.